The SMILES string of the molecule is COc1ccccc1C=CC(=O)N1C[C@H]2[C@@]3(c4ccccc4)CC[C@H](c4ccccc43)[C@@]2(C(=O)NCc2cscn2)C1. The lowest BCUT2D eigenvalue weighted by molar-refractivity contribution is -0.139. The molecule has 2 bridgehead atoms. The van der Waals surface area contributed by atoms with Gasteiger partial charge in [0.1, 0.15) is 5.75 Å². The second-order valence-corrected chi connectivity index (χ2v) is 12.3. The molecule has 1 saturated carbocycles. The Labute approximate surface area is 250 Å². The molecule has 42 heavy (non-hydrogen) atoms. The van der Waals surface area contributed by atoms with E-state index in [1.807, 2.05) is 46.7 Å². The van der Waals surface area contributed by atoms with Crippen LogP contribution in [-0.2, 0) is 21.5 Å². The number of amides is 2. The van der Waals surface area contributed by atoms with Gasteiger partial charge in [-0.15, -0.1) is 11.3 Å². The molecular formula is C35H33N3O3S. The molecule has 2 amide bonds. The van der Waals surface area contributed by atoms with Gasteiger partial charge in [-0.2, -0.15) is 0 Å². The molecule has 212 valence electrons. The quantitative estimate of drug-likeness (QED) is 0.283. The molecule has 6 nitrogen and oxygen atoms in total. The van der Waals surface area contributed by atoms with Gasteiger partial charge < -0.3 is 15.0 Å². The molecule has 3 aliphatic carbocycles. The van der Waals surface area contributed by atoms with Gasteiger partial charge in [0.15, 0.2) is 0 Å². The van der Waals surface area contributed by atoms with Crippen molar-refractivity contribution in [2.24, 2.45) is 11.3 Å². The van der Waals surface area contributed by atoms with E-state index in [-0.39, 0.29) is 29.1 Å². The van der Waals surface area contributed by atoms with Gasteiger partial charge in [0.2, 0.25) is 11.8 Å². The molecule has 0 spiro atoms. The summed E-state index contributed by atoms with van der Waals surface area (Å²) in [7, 11) is 1.63. The van der Waals surface area contributed by atoms with Crippen molar-refractivity contribution in [2.75, 3.05) is 20.2 Å². The Balaban J connectivity index is 1.32. The number of carbonyl (C=O) groups is 2. The monoisotopic (exact) mass is 575 g/mol. The predicted octanol–water partition coefficient (Wildman–Crippen LogP) is 5.80. The van der Waals surface area contributed by atoms with Gasteiger partial charge in [0.25, 0.3) is 0 Å². The standard InChI is InChI=1S/C35H33N3O3S/c1-41-30-14-8-5-9-24(30)15-16-32(39)38-20-31-34(25-10-3-2-4-11-25)18-17-29(27-12-6-7-13-28(27)34)35(31,22-38)33(40)36-19-26-21-42-23-37-26/h2-16,21,23,29,31H,17-20,22H2,1H3,(H,36,40)/t29-,31+,34-,35+/m1/s1. The summed E-state index contributed by atoms with van der Waals surface area (Å²) in [4.78, 5) is 34.8. The summed E-state index contributed by atoms with van der Waals surface area (Å²) in [5, 5.41) is 5.24. The van der Waals surface area contributed by atoms with Crippen LogP contribution in [-0.4, -0.2) is 41.9 Å². The average molecular weight is 576 g/mol. The van der Waals surface area contributed by atoms with Crippen molar-refractivity contribution in [1.29, 1.82) is 0 Å². The predicted molar refractivity (Wildman–Crippen MR) is 164 cm³/mol. The molecule has 2 heterocycles. The molecule has 1 aliphatic heterocycles. The third-order valence-corrected chi connectivity index (χ3v) is 10.5. The molecule has 1 aromatic heterocycles. The Bertz CT molecular complexity index is 1650. The third-order valence-electron chi connectivity index (χ3n) is 9.82. The number of ether oxygens (including phenoxy) is 1. The lowest BCUT2D eigenvalue weighted by Gasteiger charge is -2.60. The number of methoxy groups -OCH3 is 1. The van der Waals surface area contributed by atoms with Crippen LogP contribution in [0.1, 0.15) is 46.7 Å². The van der Waals surface area contributed by atoms with Crippen LogP contribution < -0.4 is 10.1 Å². The van der Waals surface area contributed by atoms with Gasteiger partial charge in [0.05, 0.1) is 30.3 Å². The molecule has 4 aromatic rings. The van der Waals surface area contributed by atoms with Gasteiger partial charge in [-0.1, -0.05) is 72.8 Å². The first-order valence-electron chi connectivity index (χ1n) is 14.5. The van der Waals surface area contributed by atoms with Gasteiger partial charge in [0, 0.05) is 47.4 Å². The Morgan fingerprint density at radius 3 is 2.67 bits per heavy atom. The van der Waals surface area contributed by atoms with Crippen LogP contribution in [0.2, 0.25) is 0 Å². The number of rotatable bonds is 7. The summed E-state index contributed by atoms with van der Waals surface area (Å²) < 4.78 is 5.49. The number of likely N-dealkylation sites (tertiary alicyclic amines) is 1. The normalized spacial score (nSPS) is 25.7. The van der Waals surface area contributed by atoms with Crippen molar-refractivity contribution in [3.8, 4) is 5.75 Å². The van der Waals surface area contributed by atoms with Gasteiger partial charge in [-0.25, -0.2) is 4.98 Å². The fraction of sp³-hybridized carbons (Fsp3) is 0.286. The zero-order valence-electron chi connectivity index (χ0n) is 23.5. The van der Waals surface area contributed by atoms with Crippen molar-refractivity contribution < 1.29 is 14.3 Å². The van der Waals surface area contributed by atoms with Crippen LogP contribution in [0.5, 0.6) is 5.75 Å². The number of thiazole rings is 1. The van der Waals surface area contributed by atoms with E-state index in [1.54, 1.807) is 18.7 Å². The van der Waals surface area contributed by atoms with Crippen LogP contribution in [0.3, 0.4) is 0 Å². The Kier molecular flexibility index (Phi) is 6.70. The molecule has 8 rings (SSSR count). The van der Waals surface area contributed by atoms with E-state index in [2.05, 4.69) is 58.8 Å². The number of aromatic nitrogens is 1. The largest absolute Gasteiger partial charge is 0.496 e. The first-order valence-corrected chi connectivity index (χ1v) is 15.4. The summed E-state index contributed by atoms with van der Waals surface area (Å²) in [6, 6.07) is 26.9. The summed E-state index contributed by atoms with van der Waals surface area (Å²) in [5.41, 5.74) is 6.12. The zero-order valence-corrected chi connectivity index (χ0v) is 24.3. The van der Waals surface area contributed by atoms with Crippen LogP contribution in [0.25, 0.3) is 6.08 Å². The van der Waals surface area contributed by atoms with E-state index in [9.17, 15) is 9.59 Å². The number of para-hydroxylation sites is 1. The Hall–Kier alpha value is -4.23. The summed E-state index contributed by atoms with van der Waals surface area (Å²) in [5.74, 6) is 0.597. The topological polar surface area (TPSA) is 71.5 Å². The molecule has 3 aromatic carbocycles. The van der Waals surface area contributed by atoms with Crippen molar-refractivity contribution in [3.05, 3.63) is 124 Å². The van der Waals surface area contributed by atoms with Crippen molar-refractivity contribution in [3.63, 3.8) is 0 Å². The maximum atomic E-state index is 14.6. The lowest BCUT2D eigenvalue weighted by Crippen LogP contribution is -2.62. The number of carbonyl (C=O) groups excluding carboxylic acids is 2. The lowest BCUT2D eigenvalue weighted by atomic mass is 9.42. The van der Waals surface area contributed by atoms with Crippen LogP contribution >= 0.6 is 11.3 Å². The molecule has 0 unspecified atom stereocenters. The number of fused-ring (bicyclic) bond motifs is 1. The van der Waals surface area contributed by atoms with Crippen LogP contribution in [0.4, 0.5) is 0 Å². The number of hydrogen-bond donors (Lipinski definition) is 1. The highest BCUT2D eigenvalue weighted by Crippen LogP contribution is 2.68. The minimum absolute atomic E-state index is 0.0176. The van der Waals surface area contributed by atoms with Crippen LogP contribution in [0.15, 0.2) is 95.8 Å². The van der Waals surface area contributed by atoms with E-state index in [0.717, 1.165) is 24.1 Å². The van der Waals surface area contributed by atoms with E-state index in [0.29, 0.717) is 25.4 Å². The minimum Gasteiger partial charge on any atom is -0.496 e. The fourth-order valence-electron chi connectivity index (χ4n) is 8.11. The van der Waals surface area contributed by atoms with E-state index in [4.69, 9.17) is 4.74 Å². The van der Waals surface area contributed by atoms with Gasteiger partial charge >= 0.3 is 0 Å². The molecule has 0 radical (unpaired) electrons. The maximum absolute atomic E-state index is 14.6. The highest BCUT2D eigenvalue weighted by Gasteiger charge is 2.70. The highest BCUT2D eigenvalue weighted by molar-refractivity contribution is 7.07. The second-order valence-electron chi connectivity index (χ2n) is 11.6. The first-order chi connectivity index (χ1) is 20.6. The molecule has 4 aliphatic rings. The average Bonchev–Trinajstić information content (AvgIpc) is 3.73. The van der Waals surface area contributed by atoms with Crippen molar-refractivity contribution in [1.82, 2.24) is 15.2 Å². The zero-order chi connectivity index (χ0) is 28.7. The molecule has 4 atom stereocenters. The molecule has 1 saturated heterocycles. The minimum atomic E-state index is -0.758. The summed E-state index contributed by atoms with van der Waals surface area (Å²) >= 11 is 1.52. The molecule has 1 N–H and O–H groups in total. The molecule has 2 fully saturated rings. The van der Waals surface area contributed by atoms with Crippen LogP contribution in [0, 0.1) is 11.3 Å². The van der Waals surface area contributed by atoms with Crippen molar-refractivity contribution >= 4 is 29.2 Å². The van der Waals surface area contributed by atoms with Gasteiger partial charge in [-0.3, -0.25) is 9.59 Å². The number of benzene rings is 3. The van der Waals surface area contributed by atoms with E-state index < -0.39 is 5.41 Å². The molecular weight excluding hydrogens is 542 g/mol. The summed E-state index contributed by atoms with van der Waals surface area (Å²) in [6.07, 6.45) is 5.28. The first kappa shape index (κ1) is 26.7. The number of nitrogens with one attached hydrogen (secondary N) is 1. The molecule has 7 heteroatoms. The second kappa shape index (κ2) is 10.6. The van der Waals surface area contributed by atoms with Gasteiger partial charge in [-0.05, 0) is 41.7 Å². The van der Waals surface area contributed by atoms with E-state index in [1.165, 1.54) is 28.0 Å². The third kappa shape index (κ3) is 4.02. The fourth-order valence-corrected chi connectivity index (χ4v) is 8.67. The summed E-state index contributed by atoms with van der Waals surface area (Å²) in [6.45, 7) is 1.27. The Morgan fingerprint density at radius 1 is 1.07 bits per heavy atom. The van der Waals surface area contributed by atoms with Crippen molar-refractivity contribution in [2.45, 2.75) is 30.7 Å². The number of hydrogen-bond acceptors (Lipinski definition) is 5. The van der Waals surface area contributed by atoms with E-state index >= 15 is 0 Å². The Morgan fingerprint density at radius 2 is 1.86 bits per heavy atom. The highest BCUT2D eigenvalue weighted by atomic mass is 32.1. The maximum Gasteiger partial charge on any atom is 0.246 e. The smallest absolute Gasteiger partial charge is 0.246 e. The number of nitrogens with zero attached hydrogens (tertiary/aromatic N) is 2.